The van der Waals surface area contributed by atoms with Crippen molar-refractivity contribution in [2.24, 2.45) is 0 Å². The number of rotatable bonds is 10. The zero-order chi connectivity index (χ0) is 39.9. The Bertz CT molecular complexity index is 2770. The van der Waals surface area contributed by atoms with Crippen LogP contribution in [0.4, 0.5) is 0 Å². The zero-order valence-electron chi connectivity index (χ0n) is 36.0. The number of fused-ring (bicyclic) bond motifs is 2. The number of aromatic hydroxyl groups is 2. The van der Waals surface area contributed by atoms with Gasteiger partial charge in [-0.1, -0.05) is 117 Å². The van der Waals surface area contributed by atoms with E-state index in [1.165, 1.54) is 0 Å². The van der Waals surface area contributed by atoms with Gasteiger partial charge in [0.2, 0.25) is 0 Å². The van der Waals surface area contributed by atoms with E-state index in [2.05, 4.69) is 128 Å². The number of para-hydroxylation sites is 2. The second kappa shape index (κ2) is 18.7. The fraction of sp³-hybridized carbons (Fsp3) is 0.145. The number of aromatic nitrogens is 3. The molecule has 0 spiro atoms. The SMILES string of the molecule is CCCn1c(-c2cc(C)cc(-c3ccccc3)c2O)c(-c2cccc(-c3c(-c4cc(C)cc(-c5ccccc5)c4O)n(CCC)c4ccccc34)n2)c2ccccc21.[CH3-].[CH3-].[Zr+2]. The minimum absolute atomic E-state index is 0. The smallest absolute Gasteiger partial charge is 0.507 e. The third-order valence-electron chi connectivity index (χ3n) is 11.3. The van der Waals surface area contributed by atoms with Crippen molar-refractivity contribution in [1.82, 2.24) is 14.1 Å². The molecule has 0 aliphatic heterocycles. The van der Waals surface area contributed by atoms with E-state index in [4.69, 9.17) is 4.98 Å². The van der Waals surface area contributed by atoms with Gasteiger partial charge < -0.3 is 34.2 Å². The number of nitrogens with zero attached hydrogens (tertiary/aromatic N) is 3. The van der Waals surface area contributed by atoms with Crippen molar-refractivity contribution < 1.29 is 36.4 Å². The van der Waals surface area contributed by atoms with Gasteiger partial charge in [0.1, 0.15) is 11.5 Å². The average Bonchev–Trinajstić information content (AvgIpc) is 3.75. The number of aryl methyl sites for hydroxylation is 4. The third-order valence-corrected chi connectivity index (χ3v) is 11.3. The first-order valence-corrected chi connectivity index (χ1v) is 20.4. The monoisotopic (exact) mass is 877 g/mol. The van der Waals surface area contributed by atoms with Gasteiger partial charge in [0, 0.05) is 68.3 Å². The largest absolute Gasteiger partial charge is 2.00 e. The molecular weight excluding hydrogens is 826 g/mol. The maximum atomic E-state index is 12.3. The molecule has 0 saturated carbocycles. The van der Waals surface area contributed by atoms with Crippen LogP contribution in [0.5, 0.6) is 11.5 Å². The van der Waals surface area contributed by atoms with Gasteiger partial charge in [-0.3, -0.25) is 0 Å². The van der Waals surface area contributed by atoms with Crippen LogP contribution in [0.2, 0.25) is 0 Å². The van der Waals surface area contributed by atoms with Gasteiger partial charge in [-0.05, 0) is 97.5 Å². The summed E-state index contributed by atoms with van der Waals surface area (Å²) in [7, 11) is 0. The quantitative estimate of drug-likeness (QED) is 0.135. The van der Waals surface area contributed by atoms with Gasteiger partial charge in [0.05, 0.1) is 22.8 Å². The van der Waals surface area contributed by atoms with Crippen molar-refractivity contribution in [3.8, 4) is 78.8 Å². The number of benzene rings is 6. The average molecular weight is 879 g/mol. The summed E-state index contributed by atoms with van der Waals surface area (Å²) < 4.78 is 4.72. The first kappa shape index (κ1) is 44.6. The molecule has 0 atom stereocenters. The Morgan fingerprint density at radius 1 is 0.459 bits per heavy atom. The molecule has 9 aromatic rings. The molecule has 0 saturated heterocycles. The van der Waals surface area contributed by atoms with E-state index in [0.717, 1.165) is 126 Å². The molecular formula is C55H53N3O2Zr. The Morgan fingerprint density at radius 2 is 0.820 bits per heavy atom. The molecule has 304 valence electrons. The number of pyridine rings is 1. The Kier molecular flexibility index (Phi) is 13.7. The molecule has 3 aromatic heterocycles. The zero-order valence-corrected chi connectivity index (χ0v) is 38.5. The summed E-state index contributed by atoms with van der Waals surface area (Å²) in [5.41, 5.74) is 14.9. The number of phenolic OH excluding ortho intramolecular Hbond substituents is 2. The van der Waals surface area contributed by atoms with Gasteiger partial charge >= 0.3 is 26.2 Å². The summed E-state index contributed by atoms with van der Waals surface area (Å²) in [5, 5.41) is 26.7. The molecule has 2 N–H and O–H groups in total. The summed E-state index contributed by atoms with van der Waals surface area (Å²) in [6.07, 6.45) is 1.84. The summed E-state index contributed by atoms with van der Waals surface area (Å²) in [5.74, 6) is 0.506. The topological polar surface area (TPSA) is 63.2 Å². The van der Waals surface area contributed by atoms with Crippen LogP contribution in [0.3, 0.4) is 0 Å². The van der Waals surface area contributed by atoms with Crippen LogP contribution in [-0.2, 0) is 39.3 Å². The normalized spacial score (nSPS) is 11.0. The molecule has 6 aromatic carbocycles. The molecule has 0 aliphatic carbocycles. The molecule has 0 aliphatic rings. The summed E-state index contributed by atoms with van der Waals surface area (Å²) >= 11 is 0. The van der Waals surface area contributed by atoms with Gasteiger partial charge in [0.15, 0.2) is 0 Å². The van der Waals surface area contributed by atoms with E-state index in [-0.39, 0.29) is 52.6 Å². The number of hydrogen-bond acceptors (Lipinski definition) is 3. The fourth-order valence-electron chi connectivity index (χ4n) is 8.90. The fourth-order valence-corrected chi connectivity index (χ4v) is 8.90. The maximum Gasteiger partial charge on any atom is 2.00 e. The molecule has 0 amide bonds. The molecule has 0 fully saturated rings. The second-order valence-corrected chi connectivity index (χ2v) is 15.3. The number of phenols is 2. The van der Waals surface area contributed by atoms with Crippen LogP contribution in [0.15, 0.2) is 152 Å². The summed E-state index contributed by atoms with van der Waals surface area (Å²) in [4.78, 5) is 5.61. The molecule has 0 bridgehead atoms. The Labute approximate surface area is 380 Å². The molecule has 3 heterocycles. The minimum Gasteiger partial charge on any atom is -0.507 e. The van der Waals surface area contributed by atoms with E-state index in [1.54, 1.807) is 0 Å². The Hall–Kier alpha value is -5.97. The molecule has 9 rings (SSSR count). The van der Waals surface area contributed by atoms with Crippen LogP contribution in [-0.4, -0.2) is 24.3 Å². The molecule has 6 heteroatoms. The van der Waals surface area contributed by atoms with Crippen LogP contribution >= 0.6 is 0 Å². The van der Waals surface area contributed by atoms with Crippen LogP contribution in [0.1, 0.15) is 37.8 Å². The molecule has 0 unspecified atom stereocenters. The first-order chi connectivity index (χ1) is 28.4. The van der Waals surface area contributed by atoms with Gasteiger partial charge in [-0.15, -0.1) is 0 Å². The maximum absolute atomic E-state index is 12.3. The Balaban J connectivity index is 0.00000207. The third kappa shape index (κ3) is 7.91. The molecule has 5 nitrogen and oxygen atoms in total. The van der Waals surface area contributed by atoms with Crippen molar-refractivity contribution in [3.05, 3.63) is 178 Å². The van der Waals surface area contributed by atoms with Crippen LogP contribution in [0, 0.1) is 28.7 Å². The van der Waals surface area contributed by atoms with Gasteiger partial charge in [-0.2, -0.15) is 0 Å². The number of hydrogen-bond donors (Lipinski definition) is 2. The van der Waals surface area contributed by atoms with E-state index in [1.807, 2.05) is 60.7 Å². The van der Waals surface area contributed by atoms with Crippen LogP contribution in [0.25, 0.3) is 89.1 Å². The van der Waals surface area contributed by atoms with Gasteiger partial charge in [0.25, 0.3) is 0 Å². The predicted molar refractivity (Wildman–Crippen MR) is 254 cm³/mol. The molecule has 61 heavy (non-hydrogen) atoms. The standard InChI is InChI=1S/C53H47N3O2.2CH3.Zr/c1-5-28-55-46-26-15-13-22-38(46)48(50(55)42-32-34(3)30-40(52(42)57)36-18-9-7-10-19-36)44-24-17-25-45(54-44)49-39-23-14-16-27-47(39)56(29-6-2)51(49)43-33-35(4)31-41(53(43)58)37-20-11-8-12-21-37;;;/h7-27,30-33,57-58H,5-6,28-29H2,1-4H3;2*1H3;/q;2*-1;+2. The Morgan fingerprint density at radius 3 is 1.21 bits per heavy atom. The summed E-state index contributed by atoms with van der Waals surface area (Å²) in [6.45, 7) is 10.1. The van der Waals surface area contributed by atoms with Gasteiger partial charge in [-0.25, -0.2) is 4.98 Å². The van der Waals surface area contributed by atoms with E-state index >= 15 is 0 Å². The van der Waals surface area contributed by atoms with Crippen molar-refractivity contribution in [2.45, 2.75) is 53.6 Å². The molecule has 0 radical (unpaired) electrons. The predicted octanol–water partition coefficient (Wildman–Crippen LogP) is 14.7. The van der Waals surface area contributed by atoms with E-state index in [0.29, 0.717) is 0 Å². The van der Waals surface area contributed by atoms with Crippen molar-refractivity contribution in [3.63, 3.8) is 0 Å². The van der Waals surface area contributed by atoms with Crippen molar-refractivity contribution in [1.29, 1.82) is 0 Å². The van der Waals surface area contributed by atoms with E-state index < -0.39 is 0 Å². The van der Waals surface area contributed by atoms with Crippen molar-refractivity contribution in [2.75, 3.05) is 0 Å². The van der Waals surface area contributed by atoms with E-state index in [9.17, 15) is 10.2 Å². The second-order valence-electron chi connectivity index (χ2n) is 15.3. The first-order valence-electron chi connectivity index (χ1n) is 20.4. The minimum atomic E-state index is 0. The summed E-state index contributed by atoms with van der Waals surface area (Å²) in [6, 6.07) is 51.9. The van der Waals surface area contributed by atoms with Crippen LogP contribution < -0.4 is 0 Å². The van der Waals surface area contributed by atoms with Crippen molar-refractivity contribution >= 4 is 21.8 Å².